The number of allylic oxidation sites excluding steroid dienone is 2. The van der Waals surface area contributed by atoms with Crippen LogP contribution in [0.1, 0.15) is 0 Å². The number of Topliss-reactive ketones (excluding diaryl/α,β-unsaturated/α-hetero) is 2. The standard InChI is InChI=1S/C10H8Br2F6N2O2/c11-5(7(21)9(13,14)15)3-19-1-2-20-4-6(12)8(22)10(16,17)18/h3-4,19-20H,1-2H2. The SMILES string of the molecule is O=C(C(Br)=CNCCNC=C(Br)C(=O)C(F)(F)F)C(F)(F)F. The Kier molecular flexibility index (Phi) is 8.15. The Morgan fingerprint density at radius 3 is 1.27 bits per heavy atom. The van der Waals surface area contributed by atoms with E-state index < -0.39 is 32.9 Å². The lowest BCUT2D eigenvalue weighted by atomic mass is 10.3. The minimum atomic E-state index is -5.01. The summed E-state index contributed by atoms with van der Waals surface area (Å²) in [6.07, 6.45) is -8.50. The number of carbonyl (C=O) groups is 2. The van der Waals surface area contributed by atoms with Gasteiger partial charge < -0.3 is 10.6 Å². The topological polar surface area (TPSA) is 58.2 Å². The summed E-state index contributed by atoms with van der Waals surface area (Å²) in [4.78, 5) is 21.4. The summed E-state index contributed by atoms with van der Waals surface area (Å²) >= 11 is 4.86. The predicted octanol–water partition coefficient (Wildman–Crippen LogP) is 2.90. The van der Waals surface area contributed by atoms with Gasteiger partial charge in [0.25, 0.3) is 11.6 Å². The van der Waals surface area contributed by atoms with Crippen LogP contribution in [-0.2, 0) is 9.59 Å². The first-order valence-corrected chi connectivity index (χ1v) is 6.87. The molecule has 126 valence electrons. The fraction of sp³-hybridized carbons (Fsp3) is 0.400. The Hall–Kier alpha value is -1.04. The summed E-state index contributed by atoms with van der Waals surface area (Å²) in [6.45, 7) is -0.0333. The van der Waals surface area contributed by atoms with Gasteiger partial charge in [0.2, 0.25) is 0 Å². The molecular weight excluding hydrogens is 454 g/mol. The highest BCUT2D eigenvalue weighted by Gasteiger charge is 2.40. The molecule has 2 N–H and O–H groups in total. The fourth-order valence-corrected chi connectivity index (χ4v) is 1.64. The van der Waals surface area contributed by atoms with Crippen molar-refractivity contribution in [1.82, 2.24) is 10.6 Å². The second kappa shape index (κ2) is 8.56. The van der Waals surface area contributed by atoms with E-state index in [-0.39, 0.29) is 13.1 Å². The molecule has 0 aliphatic rings. The second-order valence-electron chi connectivity index (χ2n) is 3.55. The van der Waals surface area contributed by atoms with Crippen LogP contribution in [0.2, 0.25) is 0 Å². The zero-order chi connectivity index (χ0) is 17.6. The minimum Gasteiger partial charge on any atom is -0.388 e. The lowest BCUT2D eigenvalue weighted by Crippen LogP contribution is -2.26. The number of rotatable bonds is 7. The van der Waals surface area contributed by atoms with E-state index in [1.54, 1.807) is 0 Å². The number of halogens is 8. The van der Waals surface area contributed by atoms with E-state index in [2.05, 4.69) is 42.5 Å². The quantitative estimate of drug-likeness (QED) is 0.348. The lowest BCUT2D eigenvalue weighted by Gasteiger charge is -2.06. The Balaban J connectivity index is 4.20. The Morgan fingerprint density at radius 1 is 0.773 bits per heavy atom. The van der Waals surface area contributed by atoms with Gasteiger partial charge >= 0.3 is 12.4 Å². The zero-order valence-corrected chi connectivity index (χ0v) is 13.6. The summed E-state index contributed by atoms with van der Waals surface area (Å²) in [5, 5.41) is 4.65. The van der Waals surface area contributed by atoms with Crippen molar-refractivity contribution in [2.75, 3.05) is 13.1 Å². The number of hydrogen-bond acceptors (Lipinski definition) is 4. The van der Waals surface area contributed by atoms with Crippen molar-refractivity contribution in [3.05, 3.63) is 21.4 Å². The van der Waals surface area contributed by atoms with E-state index in [1.165, 1.54) is 0 Å². The summed E-state index contributed by atoms with van der Waals surface area (Å²) in [6, 6.07) is 0. The van der Waals surface area contributed by atoms with Crippen molar-refractivity contribution in [2.24, 2.45) is 0 Å². The van der Waals surface area contributed by atoms with Crippen LogP contribution in [0, 0.1) is 0 Å². The largest absolute Gasteiger partial charge is 0.455 e. The van der Waals surface area contributed by atoms with Gasteiger partial charge in [0.1, 0.15) is 0 Å². The number of alkyl halides is 6. The van der Waals surface area contributed by atoms with Gasteiger partial charge in [0.05, 0.1) is 8.96 Å². The van der Waals surface area contributed by atoms with Gasteiger partial charge in [-0.05, 0) is 31.9 Å². The molecule has 12 heteroatoms. The fourth-order valence-electron chi connectivity index (χ4n) is 0.870. The van der Waals surface area contributed by atoms with Crippen LogP contribution in [0.15, 0.2) is 21.4 Å². The Labute approximate surface area is 137 Å². The van der Waals surface area contributed by atoms with E-state index >= 15 is 0 Å². The van der Waals surface area contributed by atoms with Crippen LogP contribution in [0.4, 0.5) is 26.3 Å². The van der Waals surface area contributed by atoms with Crippen LogP contribution in [0.25, 0.3) is 0 Å². The van der Waals surface area contributed by atoms with Crippen LogP contribution < -0.4 is 10.6 Å². The van der Waals surface area contributed by atoms with Gasteiger partial charge in [0.15, 0.2) is 0 Å². The lowest BCUT2D eigenvalue weighted by molar-refractivity contribution is -0.165. The first kappa shape index (κ1) is 21.0. The number of hydrogen-bond donors (Lipinski definition) is 2. The minimum absolute atomic E-state index is 0.0166. The Morgan fingerprint density at radius 2 is 1.05 bits per heavy atom. The molecule has 0 aromatic carbocycles. The molecule has 0 aromatic rings. The van der Waals surface area contributed by atoms with Gasteiger partial charge in [-0.3, -0.25) is 9.59 Å². The molecule has 0 aromatic heterocycles. The van der Waals surface area contributed by atoms with Crippen LogP contribution in [-0.4, -0.2) is 37.0 Å². The molecule has 22 heavy (non-hydrogen) atoms. The first-order chi connectivity index (χ1) is 9.87. The maximum atomic E-state index is 12.0. The molecule has 0 heterocycles. The van der Waals surface area contributed by atoms with Crippen molar-refractivity contribution in [1.29, 1.82) is 0 Å². The monoisotopic (exact) mass is 460 g/mol. The molecule has 0 atom stereocenters. The van der Waals surface area contributed by atoms with E-state index in [9.17, 15) is 35.9 Å². The van der Waals surface area contributed by atoms with Crippen molar-refractivity contribution in [2.45, 2.75) is 12.4 Å². The third kappa shape index (κ3) is 7.82. The van der Waals surface area contributed by atoms with E-state index in [1.807, 2.05) is 0 Å². The highest BCUT2D eigenvalue weighted by atomic mass is 79.9. The first-order valence-electron chi connectivity index (χ1n) is 5.28. The molecular formula is C10H8Br2F6N2O2. The van der Waals surface area contributed by atoms with Crippen LogP contribution in [0.5, 0.6) is 0 Å². The summed E-state index contributed by atoms with van der Waals surface area (Å²) in [7, 11) is 0. The molecule has 0 unspecified atom stereocenters. The van der Waals surface area contributed by atoms with E-state index in [0.717, 1.165) is 12.4 Å². The molecule has 4 nitrogen and oxygen atoms in total. The normalized spacial score (nSPS) is 13.8. The molecule has 0 aliphatic carbocycles. The van der Waals surface area contributed by atoms with Gasteiger partial charge in [-0.25, -0.2) is 0 Å². The molecule has 0 saturated carbocycles. The van der Waals surface area contributed by atoms with Gasteiger partial charge in [-0.15, -0.1) is 0 Å². The highest BCUT2D eigenvalue weighted by Crippen LogP contribution is 2.23. The maximum Gasteiger partial charge on any atom is 0.455 e. The van der Waals surface area contributed by atoms with E-state index in [4.69, 9.17) is 0 Å². The highest BCUT2D eigenvalue weighted by molar-refractivity contribution is 9.12. The van der Waals surface area contributed by atoms with Gasteiger partial charge in [-0.2, -0.15) is 26.3 Å². The number of carbonyl (C=O) groups excluding carboxylic acids is 2. The van der Waals surface area contributed by atoms with Crippen molar-refractivity contribution in [3.8, 4) is 0 Å². The molecule has 0 rings (SSSR count). The van der Waals surface area contributed by atoms with Gasteiger partial charge in [0, 0.05) is 25.5 Å². The molecule has 0 amide bonds. The summed E-state index contributed by atoms with van der Waals surface area (Å²) in [5.41, 5.74) is 0. The summed E-state index contributed by atoms with van der Waals surface area (Å²) in [5.74, 6) is -4.15. The molecule has 0 fully saturated rings. The third-order valence-corrected chi connectivity index (χ3v) is 3.00. The third-order valence-electron chi connectivity index (χ3n) is 1.82. The predicted molar refractivity (Wildman–Crippen MR) is 72.1 cm³/mol. The second-order valence-corrected chi connectivity index (χ2v) is 5.26. The van der Waals surface area contributed by atoms with Crippen LogP contribution >= 0.6 is 31.9 Å². The van der Waals surface area contributed by atoms with Crippen molar-refractivity contribution in [3.63, 3.8) is 0 Å². The Bertz CT molecular complexity index is 441. The maximum absolute atomic E-state index is 12.0. The summed E-state index contributed by atoms with van der Waals surface area (Å²) < 4.78 is 70.5. The van der Waals surface area contributed by atoms with Crippen molar-refractivity contribution < 1.29 is 35.9 Å². The average molecular weight is 462 g/mol. The van der Waals surface area contributed by atoms with Crippen LogP contribution in [0.3, 0.4) is 0 Å². The number of nitrogens with one attached hydrogen (secondary N) is 2. The number of ketones is 2. The molecule has 0 spiro atoms. The molecule has 0 aliphatic heterocycles. The van der Waals surface area contributed by atoms with Gasteiger partial charge in [-0.1, -0.05) is 0 Å². The zero-order valence-electron chi connectivity index (χ0n) is 10.4. The average Bonchev–Trinajstić information content (AvgIpc) is 2.38. The van der Waals surface area contributed by atoms with E-state index in [0.29, 0.717) is 0 Å². The molecule has 0 saturated heterocycles. The molecule has 0 bridgehead atoms. The van der Waals surface area contributed by atoms with Crippen molar-refractivity contribution >= 4 is 43.4 Å². The smallest absolute Gasteiger partial charge is 0.388 e. The molecule has 0 radical (unpaired) electrons.